The van der Waals surface area contributed by atoms with Gasteiger partial charge in [0.05, 0.1) is 55.9 Å². The number of benzene rings is 3. The smallest absolute Gasteiger partial charge is 0.312 e. The molecule has 9 rings (SSSR count). The molecule has 0 spiro atoms. The molecular weight excluding hydrogens is 1140 g/mol. The number of aliphatic imine (C=N–C) groups is 3. The summed E-state index contributed by atoms with van der Waals surface area (Å²) in [5.41, 5.74) is 8.71. The topological polar surface area (TPSA) is 211 Å². The SMILES string of the molecule is CC(C)(C)OC(=O)CC1=N[C@@]2(c3cc(N)ccc3F)CC[C@@H](F)C[C@H]2CS1.CC(C)(C)OC(=O)CC1=N[C@@]2(c3cc(N)ccc3F)CC[C@@H](F)C[C@H]2CS1.CC(C)(C)OC(=O)CC1=N[C@@]2(c3cc([N+](=O)[O-])ccc3F)CC[C@@H](F)C[C@H]2CS1. The number of ether oxygens (including phenoxy) is 3. The number of nitro groups is 1. The molecule has 4 N–H and O–H groups in total. The number of fused-ring (bicyclic) bond motifs is 3. The summed E-state index contributed by atoms with van der Waals surface area (Å²) in [5, 5.41) is 12.9. The molecule has 3 aliphatic heterocycles. The Labute approximate surface area is 494 Å². The van der Waals surface area contributed by atoms with Gasteiger partial charge in [0.2, 0.25) is 0 Å². The second kappa shape index (κ2) is 26.1. The summed E-state index contributed by atoms with van der Waals surface area (Å²) in [5.74, 6) is -1.50. The van der Waals surface area contributed by atoms with Crippen molar-refractivity contribution >= 4 is 85.4 Å². The number of thioether (sulfide) groups is 3. The summed E-state index contributed by atoms with van der Waals surface area (Å²) >= 11 is 4.22. The van der Waals surface area contributed by atoms with Crippen molar-refractivity contribution in [2.45, 2.75) is 191 Å². The van der Waals surface area contributed by atoms with Gasteiger partial charge in [0.1, 0.15) is 52.8 Å². The summed E-state index contributed by atoms with van der Waals surface area (Å²) in [4.78, 5) is 61.7. The standard InChI is InChI=1S/C20H24F2N2O4S.2C20H26F2N2O2S/c1-19(2,3)28-18(25)10-17-23-20(7-6-13(21)8-12(20)11-29-17)15-9-14(24(26)27)4-5-16(15)22;2*1-19(2,3)26-18(25)10-17-24-20(15-9-14(23)4-5-16(15)22)7-6-13(21)8-12(20)11-27-17/h4-5,9,12-13H,6-8,10-11H2,1-3H3;2*4-5,9,12-13H,6-8,10-11,23H2,1-3H3/t3*12-,13+,20-/m000/s1. The number of carbonyl (C=O) groups is 3. The molecule has 3 aliphatic carbocycles. The minimum Gasteiger partial charge on any atom is -0.460 e. The van der Waals surface area contributed by atoms with E-state index in [9.17, 15) is 50.8 Å². The predicted octanol–water partition coefficient (Wildman–Crippen LogP) is 14.2. The van der Waals surface area contributed by atoms with Crippen LogP contribution in [0.2, 0.25) is 0 Å². The molecule has 83 heavy (non-hydrogen) atoms. The number of carbonyl (C=O) groups excluding carboxylic acids is 3. The van der Waals surface area contributed by atoms with Crippen LogP contribution in [0.4, 0.5) is 43.4 Å². The zero-order valence-electron chi connectivity index (χ0n) is 48.5. The van der Waals surface area contributed by atoms with Gasteiger partial charge < -0.3 is 25.7 Å². The van der Waals surface area contributed by atoms with Crippen LogP contribution < -0.4 is 11.5 Å². The van der Waals surface area contributed by atoms with Crippen LogP contribution in [0.3, 0.4) is 0 Å². The van der Waals surface area contributed by atoms with Crippen LogP contribution in [-0.2, 0) is 45.2 Å². The van der Waals surface area contributed by atoms with Crippen molar-refractivity contribution in [2.24, 2.45) is 32.7 Å². The molecule has 0 amide bonds. The van der Waals surface area contributed by atoms with Gasteiger partial charge in [-0.15, -0.1) is 35.3 Å². The van der Waals surface area contributed by atoms with E-state index in [0.717, 1.165) is 12.1 Å². The van der Waals surface area contributed by atoms with Crippen LogP contribution in [0.15, 0.2) is 69.6 Å². The van der Waals surface area contributed by atoms with Gasteiger partial charge in [-0.25, -0.2) is 26.3 Å². The fourth-order valence-corrected chi connectivity index (χ4v) is 15.5. The Morgan fingerprint density at radius 2 is 0.831 bits per heavy atom. The van der Waals surface area contributed by atoms with Crippen molar-refractivity contribution in [3.63, 3.8) is 0 Å². The number of nitro benzene ring substituents is 1. The molecule has 0 bridgehead atoms. The van der Waals surface area contributed by atoms with Crippen molar-refractivity contribution in [3.8, 4) is 0 Å². The first kappa shape index (κ1) is 65.3. The minimum atomic E-state index is -1.11. The molecule has 0 aromatic heterocycles. The molecule has 14 nitrogen and oxygen atoms in total. The predicted molar refractivity (Wildman–Crippen MR) is 317 cm³/mol. The normalized spacial score (nSPS) is 27.8. The molecule has 454 valence electrons. The van der Waals surface area contributed by atoms with E-state index in [0.29, 0.717) is 93.4 Å². The highest BCUT2D eigenvalue weighted by molar-refractivity contribution is 8.14. The highest BCUT2D eigenvalue weighted by Gasteiger charge is 2.52. The Hall–Kier alpha value is -5.29. The van der Waals surface area contributed by atoms with Crippen LogP contribution in [0.5, 0.6) is 0 Å². The summed E-state index contributed by atoms with van der Waals surface area (Å²) < 4.78 is 103. The Morgan fingerprint density at radius 1 is 0.542 bits per heavy atom. The molecular formula is C60H76F6N6O8S3. The quantitative estimate of drug-likeness (QED) is 0.0484. The van der Waals surface area contributed by atoms with E-state index in [1.165, 1.54) is 65.6 Å². The van der Waals surface area contributed by atoms with Gasteiger partial charge in [0.25, 0.3) is 5.69 Å². The molecule has 0 radical (unpaired) electrons. The number of non-ortho nitro benzene ring substituents is 1. The van der Waals surface area contributed by atoms with E-state index in [1.54, 1.807) is 32.9 Å². The van der Waals surface area contributed by atoms with Gasteiger partial charge in [-0.1, -0.05) is 0 Å². The van der Waals surface area contributed by atoms with Crippen molar-refractivity contribution in [1.82, 2.24) is 0 Å². The van der Waals surface area contributed by atoms with Gasteiger partial charge in [-0.2, -0.15) is 0 Å². The number of nitrogens with two attached hydrogens (primary N) is 2. The first-order chi connectivity index (χ1) is 38.7. The average molecular weight is 1220 g/mol. The number of hydrogen-bond acceptors (Lipinski definition) is 16. The van der Waals surface area contributed by atoms with Gasteiger partial charge in [-0.3, -0.25) is 39.5 Å². The lowest BCUT2D eigenvalue weighted by Crippen LogP contribution is -2.45. The van der Waals surface area contributed by atoms with E-state index in [2.05, 4.69) is 0 Å². The zero-order chi connectivity index (χ0) is 61.0. The number of nitrogen functional groups attached to an aromatic ring is 2. The molecule has 3 aromatic carbocycles. The Balaban J connectivity index is 0.000000179. The minimum absolute atomic E-state index is 0.0411. The summed E-state index contributed by atoms with van der Waals surface area (Å²) in [6.45, 7) is 16.1. The lowest BCUT2D eigenvalue weighted by molar-refractivity contribution is -0.385. The molecule has 3 fully saturated rings. The van der Waals surface area contributed by atoms with Crippen molar-refractivity contribution in [3.05, 3.63) is 98.9 Å². The molecule has 9 atom stereocenters. The maximum atomic E-state index is 14.8. The number of halogens is 6. The molecule has 0 saturated heterocycles. The van der Waals surface area contributed by atoms with Crippen LogP contribution in [0.25, 0.3) is 0 Å². The molecule has 3 aromatic rings. The van der Waals surface area contributed by atoms with Crippen LogP contribution in [0.1, 0.15) is 156 Å². The molecule has 23 heteroatoms. The van der Waals surface area contributed by atoms with Crippen molar-refractivity contribution < 1.29 is 59.9 Å². The monoisotopic (exact) mass is 1220 g/mol. The van der Waals surface area contributed by atoms with Gasteiger partial charge in [0, 0.05) is 75.2 Å². The molecule has 3 heterocycles. The summed E-state index contributed by atoms with van der Waals surface area (Å²) in [6.07, 6.45) is -0.0734. The van der Waals surface area contributed by atoms with Crippen LogP contribution >= 0.6 is 35.3 Å². The number of alkyl halides is 3. The highest BCUT2D eigenvalue weighted by atomic mass is 32.2. The lowest BCUT2D eigenvalue weighted by atomic mass is 9.69. The third-order valence-corrected chi connectivity index (χ3v) is 18.6. The maximum absolute atomic E-state index is 14.8. The largest absolute Gasteiger partial charge is 0.460 e. The van der Waals surface area contributed by atoms with Crippen molar-refractivity contribution in [2.75, 3.05) is 28.7 Å². The van der Waals surface area contributed by atoms with Gasteiger partial charge in [-0.05, 0) is 163 Å². The second-order valence-corrected chi connectivity index (χ2v) is 28.4. The fourth-order valence-electron chi connectivity index (χ4n) is 11.7. The van der Waals surface area contributed by atoms with E-state index in [4.69, 9.17) is 40.7 Å². The second-order valence-electron chi connectivity index (χ2n) is 25.1. The average Bonchev–Trinajstić information content (AvgIpc) is 1.36. The number of nitrogens with zero attached hydrogens (tertiary/aromatic N) is 4. The molecule has 0 unspecified atom stereocenters. The summed E-state index contributed by atoms with van der Waals surface area (Å²) in [7, 11) is 0. The molecule has 6 aliphatic rings. The fraction of sp³-hybridized carbons (Fsp3) is 0.600. The zero-order valence-corrected chi connectivity index (χ0v) is 50.9. The van der Waals surface area contributed by atoms with E-state index >= 15 is 0 Å². The Morgan fingerprint density at radius 3 is 1.12 bits per heavy atom. The van der Waals surface area contributed by atoms with Gasteiger partial charge >= 0.3 is 17.9 Å². The first-order valence-corrected chi connectivity index (χ1v) is 30.9. The van der Waals surface area contributed by atoms with Crippen molar-refractivity contribution in [1.29, 1.82) is 0 Å². The first-order valence-electron chi connectivity index (χ1n) is 28.0. The number of hydrogen-bond donors (Lipinski definition) is 2. The highest BCUT2D eigenvalue weighted by Crippen LogP contribution is 2.54. The van der Waals surface area contributed by atoms with Gasteiger partial charge in [0.15, 0.2) is 0 Å². The third kappa shape index (κ3) is 16.6. The van der Waals surface area contributed by atoms with E-state index < -0.39 is 80.3 Å². The number of anilines is 2. The molecule has 3 saturated carbocycles. The maximum Gasteiger partial charge on any atom is 0.312 e. The Bertz CT molecular complexity index is 2880. The third-order valence-electron chi connectivity index (χ3n) is 15.2. The van der Waals surface area contributed by atoms with E-state index in [-0.39, 0.29) is 79.5 Å². The number of rotatable bonds is 10. The number of esters is 3. The van der Waals surface area contributed by atoms with E-state index in [1.807, 2.05) is 41.5 Å². The Kier molecular flexibility index (Phi) is 20.5. The summed E-state index contributed by atoms with van der Waals surface area (Å²) in [6, 6.07) is 12.3. The lowest BCUT2D eigenvalue weighted by Gasteiger charge is -2.45. The van der Waals surface area contributed by atoms with Crippen LogP contribution in [0, 0.1) is 45.3 Å². The van der Waals surface area contributed by atoms with Crippen LogP contribution in [-0.4, -0.2) is 90.5 Å².